The standard InChI is InChI=1S/C21H23N5O3S/c22-21(13-29-14-21)12-24-18-9-20(25-17-5-6-23-10-16(17)18)26-7-8-30(27,28)19-4-2-1-3-15(19)11-26/h1-6,9-10H,7-8,11-14,22H2,(H,24,25). The first-order valence-corrected chi connectivity index (χ1v) is 11.5. The summed E-state index contributed by atoms with van der Waals surface area (Å²) >= 11 is 0. The van der Waals surface area contributed by atoms with Crippen molar-refractivity contribution in [3.05, 3.63) is 54.4 Å². The molecule has 9 heteroatoms. The van der Waals surface area contributed by atoms with Crippen molar-refractivity contribution < 1.29 is 13.2 Å². The Kier molecular flexibility index (Phi) is 4.61. The topological polar surface area (TPSA) is 110 Å². The van der Waals surface area contributed by atoms with E-state index in [1.54, 1.807) is 24.5 Å². The van der Waals surface area contributed by atoms with Crippen molar-refractivity contribution in [1.82, 2.24) is 9.97 Å². The molecular weight excluding hydrogens is 402 g/mol. The SMILES string of the molecule is NC1(CNc2cc(N3CCS(=O)(=O)c4ccccc4C3)nc3ccncc23)COC1. The molecule has 0 bridgehead atoms. The Labute approximate surface area is 175 Å². The lowest BCUT2D eigenvalue weighted by Gasteiger charge is -2.38. The highest BCUT2D eigenvalue weighted by Gasteiger charge is 2.34. The smallest absolute Gasteiger partial charge is 0.180 e. The Bertz CT molecular complexity index is 1210. The monoisotopic (exact) mass is 425 g/mol. The first-order chi connectivity index (χ1) is 14.4. The van der Waals surface area contributed by atoms with Crippen molar-refractivity contribution >= 4 is 32.2 Å². The number of rotatable bonds is 4. The first kappa shape index (κ1) is 19.2. The summed E-state index contributed by atoms with van der Waals surface area (Å²) in [5.74, 6) is 0.769. The summed E-state index contributed by atoms with van der Waals surface area (Å²) in [6.07, 6.45) is 3.48. The summed E-state index contributed by atoms with van der Waals surface area (Å²) in [6.45, 7) is 2.46. The number of fused-ring (bicyclic) bond motifs is 2. The van der Waals surface area contributed by atoms with Crippen molar-refractivity contribution in [2.24, 2.45) is 5.73 Å². The molecule has 1 aromatic carbocycles. The molecule has 5 rings (SSSR count). The summed E-state index contributed by atoms with van der Waals surface area (Å²) < 4.78 is 30.7. The molecule has 0 aliphatic carbocycles. The minimum absolute atomic E-state index is 0.0477. The second kappa shape index (κ2) is 7.19. The zero-order valence-electron chi connectivity index (χ0n) is 16.4. The van der Waals surface area contributed by atoms with Crippen LogP contribution in [0.25, 0.3) is 10.9 Å². The number of nitrogens with zero attached hydrogens (tertiary/aromatic N) is 3. The van der Waals surface area contributed by atoms with Gasteiger partial charge in [0.05, 0.1) is 34.9 Å². The van der Waals surface area contributed by atoms with E-state index in [1.807, 2.05) is 29.2 Å². The first-order valence-electron chi connectivity index (χ1n) is 9.84. The summed E-state index contributed by atoms with van der Waals surface area (Å²) in [5.41, 5.74) is 8.36. The molecule has 0 atom stereocenters. The number of ether oxygens (including phenoxy) is 1. The number of nitrogens with two attached hydrogens (primary N) is 1. The lowest BCUT2D eigenvalue weighted by Crippen LogP contribution is -2.61. The summed E-state index contributed by atoms with van der Waals surface area (Å²) in [6, 6.07) is 11.0. The van der Waals surface area contributed by atoms with Gasteiger partial charge in [0, 0.05) is 49.2 Å². The fourth-order valence-corrected chi connectivity index (χ4v) is 5.36. The normalized spacial score (nSPS) is 19.6. The van der Waals surface area contributed by atoms with Crippen LogP contribution in [0, 0.1) is 0 Å². The Balaban J connectivity index is 1.53. The van der Waals surface area contributed by atoms with E-state index in [0.29, 0.717) is 37.7 Å². The molecule has 1 fully saturated rings. The quantitative estimate of drug-likeness (QED) is 0.648. The molecule has 4 heterocycles. The highest BCUT2D eigenvalue weighted by atomic mass is 32.2. The molecule has 30 heavy (non-hydrogen) atoms. The third-order valence-electron chi connectivity index (χ3n) is 5.63. The third-order valence-corrected chi connectivity index (χ3v) is 7.42. The van der Waals surface area contributed by atoms with E-state index in [2.05, 4.69) is 10.3 Å². The van der Waals surface area contributed by atoms with Crippen LogP contribution in [0.3, 0.4) is 0 Å². The van der Waals surface area contributed by atoms with Crippen molar-refractivity contribution in [1.29, 1.82) is 0 Å². The van der Waals surface area contributed by atoms with E-state index in [-0.39, 0.29) is 11.3 Å². The van der Waals surface area contributed by atoms with Crippen LogP contribution in [0.5, 0.6) is 0 Å². The van der Waals surface area contributed by atoms with E-state index in [9.17, 15) is 8.42 Å². The number of aromatic nitrogens is 2. The van der Waals surface area contributed by atoms with Crippen molar-refractivity contribution in [2.45, 2.75) is 17.0 Å². The molecule has 2 aromatic heterocycles. The van der Waals surface area contributed by atoms with Gasteiger partial charge in [-0.2, -0.15) is 0 Å². The number of nitrogens with one attached hydrogen (secondary N) is 1. The van der Waals surface area contributed by atoms with E-state index >= 15 is 0 Å². The van der Waals surface area contributed by atoms with Crippen LogP contribution in [0.1, 0.15) is 5.56 Å². The number of hydrogen-bond donors (Lipinski definition) is 2. The van der Waals surface area contributed by atoms with Gasteiger partial charge in [-0.1, -0.05) is 18.2 Å². The average molecular weight is 426 g/mol. The molecule has 2 aliphatic heterocycles. The fourth-order valence-electron chi connectivity index (χ4n) is 3.86. The largest absolute Gasteiger partial charge is 0.382 e. The van der Waals surface area contributed by atoms with Gasteiger partial charge in [-0.25, -0.2) is 13.4 Å². The van der Waals surface area contributed by atoms with Gasteiger partial charge in [0.15, 0.2) is 9.84 Å². The van der Waals surface area contributed by atoms with Crippen LogP contribution in [-0.2, 0) is 21.1 Å². The highest BCUT2D eigenvalue weighted by Crippen LogP contribution is 2.30. The molecule has 0 radical (unpaired) electrons. The number of anilines is 2. The van der Waals surface area contributed by atoms with Crippen LogP contribution >= 0.6 is 0 Å². The molecule has 156 valence electrons. The molecule has 0 unspecified atom stereocenters. The molecule has 0 spiro atoms. The van der Waals surface area contributed by atoms with Gasteiger partial charge in [-0.15, -0.1) is 0 Å². The lowest BCUT2D eigenvalue weighted by molar-refractivity contribution is -0.0461. The molecule has 3 N–H and O–H groups in total. The van der Waals surface area contributed by atoms with Gasteiger partial charge in [0.25, 0.3) is 0 Å². The molecule has 0 saturated carbocycles. The van der Waals surface area contributed by atoms with E-state index in [4.69, 9.17) is 15.5 Å². The van der Waals surface area contributed by atoms with Gasteiger partial charge in [0.1, 0.15) is 5.82 Å². The minimum atomic E-state index is -3.32. The van der Waals surface area contributed by atoms with Crippen molar-refractivity contribution in [3.8, 4) is 0 Å². The maximum absolute atomic E-state index is 12.7. The van der Waals surface area contributed by atoms with Crippen LogP contribution in [0.4, 0.5) is 11.5 Å². The van der Waals surface area contributed by atoms with E-state index in [0.717, 1.165) is 28.0 Å². The maximum atomic E-state index is 12.7. The van der Waals surface area contributed by atoms with Gasteiger partial charge < -0.3 is 20.7 Å². The lowest BCUT2D eigenvalue weighted by atomic mass is 9.99. The van der Waals surface area contributed by atoms with Crippen LogP contribution in [-0.4, -0.2) is 56.0 Å². The fraction of sp³-hybridized carbons (Fsp3) is 0.333. The van der Waals surface area contributed by atoms with Crippen molar-refractivity contribution in [2.75, 3.05) is 42.3 Å². The Morgan fingerprint density at radius 2 is 2.07 bits per heavy atom. The Morgan fingerprint density at radius 3 is 2.87 bits per heavy atom. The summed E-state index contributed by atoms with van der Waals surface area (Å²) in [5, 5.41) is 4.33. The Morgan fingerprint density at radius 1 is 1.23 bits per heavy atom. The molecule has 2 aliphatic rings. The van der Waals surface area contributed by atoms with E-state index < -0.39 is 9.84 Å². The second-order valence-corrected chi connectivity index (χ2v) is 10.1. The highest BCUT2D eigenvalue weighted by molar-refractivity contribution is 7.91. The van der Waals surface area contributed by atoms with Crippen molar-refractivity contribution in [3.63, 3.8) is 0 Å². The summed E-state index contributed by atoms with van der Waals surface area (Å²) in [4.78, 5) is 11.4. The zero-order chi connectivity index (χ0) is 20.8. The molecule has 0 amide bonds. The Hall–Kier alpha value is -2.75. The number of benzene rings is 1. The molecule has 1 saturated heterocycles. The summed E-state index contributed by atoms with van der Waals surface area (Å²) in [7, 11) is -3.32. The van der Waals surface area contributed by atoms with Crippen LogP contribution in [0.2, 0.25) is 0 Å². The van der Waals surface area contributed by atoms with Crippen LogP contribution in [0.15, 0.2) is 53.7 Å². The van der Waals surface area contributed by atoms with Gasteiger partial charge in [0.2, 0.25) is 0 Å². The molecular formula is C21H23N5O3S. The molecule has 3 aromatic rings. The number of pyridine rings is 2. The van der Waals surface area contributed by atoms with Gasteiger partial charge >= 0.3 is 0 Å². The predicted octanol–water partition coefficient (Wildman–Crippen LogP) is 1.56. The maximum Gasteiger partial charge on any atom is 0.180 e. The minimum Gasteiger partial charge on any atom is -0.382 e. The van der Waals surface area contributed by atoms with Crippen LogP contribution < -0.4 is 16.0 Å². The van der Waals surface area contributed by atoms with Gasteiger partial charge in [-0.3, -0.25) is 4.98 Å². The third kappa shape index (κ3) is 3.49. The van der Waals surface area contributed by atoms with Gasteiger partial charge in [-0.05, 0) is 17.7 Å². The molecule has 8 nitrogen and oxygen atoms in total. The number of hydrogen-bond acceptors (Lipinski definition) is 8. The number of sulfone groups is 1. The predicted molar refractivity (Wildman–Crippen MR) is 115 cm³/mol. The zero-order valence-corrected chi connectivity index (χ0v) is 17.2. The van der Waals surface area contributed by atoms with E-state index in [1.165, 1.54) is 0 Å². The average Bonchev–Trinajstić information content (AvgIpc) is 2.86. The second-order valence-electron chi connectivity index (χ2n) is 7.98.